The van der Waals surface area contributed by atoms with Crippen LogP contribution in [0.2, 0.25) is 5.02 Å². The summed E-state index contributed by atoms with van der Waals surface area (Å²) in [7, 11) is 0. The lowest BCUT2D eigenvalue weighted by atomic mass is 10.1. The maximum absolute atomic E-state index is 12.8. The normalized spacial score (nSPS) is 12.3. The Balaban J connectivity index is 1.91. The minimum Gasteiger partial charge on any atom is -0.354 e. The van der Waals surface area contributed by atoms with E-state index in [2.05, 4.69) is 15.5 Å². The first kappa shape index (κ1) is 18.1. The molecule has 0 bridgehead atoms. The van der Waals surface area contributed by atoms with Crippen molar-refractivity contribution >= 4 is 28.6 Å². The van der Waals surface area contributed by atoms with Crippen LogP contribution in [0, 0.1) is 0 Å². The number of halogens is 1. The van der Waals surface area contributed by atoms with Crippen LogP contribution in [0.1, 0.15) is 26.7 Å². The van der Waals surface area contributed by atoms with Crippen LogP contribution in [0.5, 0.6) is 0 Å². The van der Waals surface area contributed by atoms with E-state index in [0.717, 1.165) is 6.42 Å². The van der Waals surface area contributed by atoms with E-state index < -0.39 is 0 Å². The largest absolute Gasteiger partial charge is 0.354 e. The van der Waals surface area contributed by atoms with E-state index >= 15 is 0 Å². The van der Waals surface area contributed by atoms with Crippen LogP contribution in [0.3, 0.4) is 0 Å². The number of carbonyl (C=O) groups is 1. The summed E-state index contributed by atoms with van der Waals surface area (Å²) in [5, 5.41) is 7.55. The lowest BCUT2D eigenvalue weighted by Gasteiger charge is -2.11. The van der Waals surface area contributed by atoms with Gasteiger partial charge < -0.3 is 9.84 Å². The van der Waals surface area contributed by atoms with Gasteiger partial charge in [-0.3, -0.25) is 14.2 Å². The van der Waals surface area contributed by atoms with Gasteiger partial charge in [0.25, 0.3) is 11.3 Å². The van der Waals surface area contributed by atoms with Crippen LogP contribution in [0.25, 0.3) is 22.4 Å². The van der Waals surface area contributed by atoms with Gasteiger partial charge in [-0.25, -0.2) is 4.98 Å². The summed E-state index contributed by atoms with van der Waals surface area (Å²) >= 11 is 6.21. The summed E-state index contributed by atoms with van der Waals surface area (Å²) in [5.74, 6) is -0.108. The third-order valence-corrected chi connectivity index (χ3v) is 4.52. The smallest absolute Gasteiger partial charge is 0.266 e. The summed E-state index contributed by atoms with van der Waals surface area (Å²) in [5.41, 5.74) is 0.772. The molecule has 0 aliphatic carbocycles. The lowest BCUT2D eigenvalue weighted by Crippen LogP contribution is -2.33. The fraction of sp³-hybridized carbons (Fsp3) is 0.333. The molecule has 0 saturated carbocycles. The fourth-order valence-corrected chi connectivity index (χ4v) is 2.77. The predicted molar refractivity (Wildman–Crippen MR) is 99.0 cm³/mol. The van der Waals surface area contributed by atoms with Crippen molar-refractivity contribution in [2.45, 2.75) is 39.3 Å². The van der Waals surface area contributed by atoms with Crippen LogP contribution in [-0.2, 0) is 11.3 Å². The van der Waals surface area contributed by atoms with Gasteiger partial charge in [0.05, 0.1) is 5.02 Å². The minimum atomic E-state index is -0.317. The highest BCUT2D eigenvalue weighted by Crippen LogP contribution is 2.30. The van der Waals surface area contributed by atoms with E-state index in [-0.39, 0.29) is 41.6 Å². The summed E-state index contributed by atoms with van der Waals surface area (Å²) < 4.78 is 6.56. The van der Waals surface area contributed by atoms with Gasteiger partial charge >= 0.3 is 0 Å². The fourth-order valence-electron chi connectivity index (χ4n) is 2.55. The van der Waals surface area contributed by atoms with Gasteiger partial charge in [-0.1, -0.05) is 41.9 Å². The van der Waals surface area contributed by atoms with E-state index in [9.17, 15) is 9.59 Å². The Labute approximate surface area is 155 Å². The van der Waals surface area contributed by atoms with Gasteiger partial charge in [0.1, 0.15) is 17.4 Å². The molecule has 26 heavy (non-hydrogen) atoms. The number of aryl methyl sites for hydroxylation is 1. The number of fused-ring (bicyclic) bond motifs is 1. The molecule has 0 fully saturated rings. The predicted octanol–water partition coefficient (Wildman–Crippen LogP) is 3.01. The summed E-state index contributed by atoms with van der Waals surface area (Å²) in [6.45, 7) is 4.15. The standard InChI is InChI=1S/C18H19ClN4O3/c1-3-11(2)21-14(24)8-9-23-10-20-17-15(18(23)25)16(22-26-17)12-6-4-5-7-13(12)19/h4-7,10-11H,3,8-9H2,1-2H3,(H,21,24). The highest BCUT2D eigenvalue weighted by atomic mass is 35.5. The van der Waals surface area contributed by atoms with Crippen LogP contribution in [0.15, 0.2) is 39.9 Å². The number of hydrogen-bond acceptors (Lipinski definition) is 5. The summed E-state index contributed by atoms with van der Waals surface area (Å²) in [6, 6.07) is 7.17. The van der Waals surface area contributed by atoms with Crippen molar-refractivity contribution < 1.29 is 9.32 Å². The van der Waals surface area contributed by atoms with E-state index in [1.807, 2.05) is 13.8 Å². The zero-order valence-corrected chi connectivity index (χ0v) is 15.3. The molecule has 0 radical (unpaired) electrons. The summed E-state index contributed by atoms with van der Waals surface area (Å²) in [4.78, 5) is 28.9. The third-order valence-electron chi connectivity index (χ3n) is 4.19. The van der Waals surface area contributed by atoms with Crippen molar-refractivity contribution in [1.82, 2.24) is 20.0 Å². The van der Waals surface area contributed by atoms with Crippen molar-refractivity contribution in [3.63, 3.8) is 0 Å². The Bertz CT molecular complexity index is 996. The molecule has 1 unspecified atom stereocenters. The topological polar surface area (TPSA) is 90.0 Å². The monoisotopic (exact) mass is 374 g/mol. The average molecular weight is 375 g/mol. The number of aromatic nitrogens is 3. The SMILES string of the molecule is CCC(C)NC(=O)CCn1cnc2onc(-c3ccccc3Cl)c2c1=O. The van der Waals surface area contributed by atoms with Crippen LogP contribution < -0.4 is 10.9 Å². The Morgan fingerprint density at radius 1 is 1.38 bits per heavy atom. The molecule has 1 amide bonds. The zero-order chi connectivity index (χ0) is 18.7. The number of rotatable bonds is 6. The first-order valence-corrected chi connectivity index (χ1v) is 8.78. The van der Waals surface area contributed by atoms with E-state index in [1.165, 1.54) is 10.9 Å². The van der Waals surface area contributed by atoms with Crippen molar-refractivity contribution in [3.8, 4) is 11.3 Å². The Morgan fingerprint density at radius 2 is 2.15 bits per heavy atom. The number of nitrogens with one attached hydrogen (secondary N) is 1. The number of amides is 1. The highest BCUT2D eigenvalue weighted by molar-refractivity contribution is 6.33. The molecule has 2 aromatic heterocycles. The molecule has 2 heterocycles. The molecular weight excluding hydrogens is 356 g/mol. The van der Waals surface area contributed by atoms with Crippen LogP contribution in [-0.4, -0.2) is 26.7 Å². The first-order chi connectivity index (χ1) is 12.5. The number of carbonyl (C=O) groups excluding carboxylic acids is 1. The molecule has 1 N–H and O–H groups in total. The van der Waals surface area contributed by atoms with Crippen molar-refractivity contribution in [2.24, 2.45) is 0 Å². The zero-order valence-electron chi connectivity index (χ0n) is 14.5. The van der Waals surface area contributed by atoms with Crippen molar-refractivity contribution in [2.75, 3.05) is 0 Å². The van der Waals surface area contributed by atoms with Crippen LogP contribution >= 0.6 is 11.6 Å². The Morgan fingerprint density at radius 3 is 2.88 bits per heavy atom. The van der Waals surface area contributed by atoms with Crippen molar-refractivity contribution in [3.05, 3.63) is 46.0 Å². The molecule has 3 rings (SSSR count). The molecule has 0 saturated heterocycles. The molecule has 3 aromatic rings. The van der Waals surface area contributed by atoms with Gasteiger partial charge in [0.2, 0.25) is 5.91 Å². The first-order valence-electron chi connectivity index (χ1n) is 8.40. The highest BCUT2D eigenvalue weighted by Gasteiger charge is 2.19. The molecule has 8 heteroatoms. The van der Waals surface area contributed by atoms with Gasteiger partial charge in [-0.2, -0.15) is 0 Å². The summed E-state index contributed by atoms with van der Waals surface area (Å²) in [6.07, 6.45) is 2.40. The average Bonchev–Trinajstić information content (AvgIpc) is 3.06. The second-order valence-corrected chi connectivity index (χ2v) is 6.47. The number of hydrogen-bond donors (Lipinski definition) is 1. The maximum atomic E-state index is 12.8. The molecule has 1 aromatic carbocycles. The second kappa shape index (κ2) is 7.70. The maximum Gasteiger partial charge on any atom is 0.266 e. The Hall–Kier alpha value is -2.67. The molecule has 7 nitrogen and oxygen atoms in total. The van der Waals surface area contributed by atoms with E-state index in [4.69, 9.17) is 16.1 Å². The molecular formula is C18H19ClN4O3. The molecule has 0 aliphatic rings. The number of nitrogens with zero attached hydrogens (tertiary/aromatic N) is 3. The molecule has 0 aliphatic heterocycles. The van der Waals surface area contributed by atoms with E-state index in [0.29, 0.717) is 16.3 Å². The van der Waals surface area contributed by atoms with Gasteiger partial charge in [0, 0.05) is 24.6 Å². The Kier molecular flexibility index (Phi) is 5.37. The molecule has 136 valence electrons. The van der Waals surface area contributed by atoms with E-state index in [1.54, 1.807) is 24.3 Å². The second-order valence-electron chi connectivity index (χ2n) is 6.06. The van der Waals surface area contributed by atoms with Gasteiger partial charge in [-0.15, -0.1) is 0 Å². The molecule has 1 atom stereocenters. The molecule has 0 spiro atoms. The minimum absolute atomic E-state index is 0.102. The van der Waals surface area contributed by atoms with Crippen molar-refractivity contribution in [1.29, 1.82) is 0 Å². The third kappa shape index (κ3) is 3.62. The lowest BCUT2D eigenvalue weighted by molar-refractivity contribution is -0.121. The van der Waals surface area contributed by atoms with Gasteiger partial charge in [-0.05, 0) is 19.4 Å². The van der Waals surface area contributed by atoms with Gasteiger partial charge in [0.15, 0.2) is 0 Å². The van der Waals surface area contributed by atoms with Crippen LogP contribution in [0.4, 0.5) is 0 Å². The number of benzene rings is 1. The quantitative estimate of drug-likeness (QED) is 0.716.